The Labute approximate surface area is 162 Å². The summed E-state index contributed by atoms with van der Waals surface area (Å²) in [6.07, 6.45) is 0.112. The molecule has 1 aliphatic heterocycles. The second-order valence-electron chi connectivity index (χ2n) is 6.65. The fourth-order valence-corrected chi connectivity index (χ4v) is 3.08. The first-order chi connectivity index (χ1) is 13.4. The molecule has 2 aromatic carbocycles. The normalized spacial score (nSPS) is 15.3. The van der Waals surface area contributed by atoms with E-state index in [0.29, 0.717) is 23.3 Å². The smallest absolute Gasteiger partial charge is 0.339 e. The van der Waals surface area contributed by atoms with E-state index in [9.17, 15) is 14.4 Å². The van der Waals surface area contributed by atoms with Crippen molar-refractivity contribution >= 4 is 17.8 Å². The Morgan fingerprint density at radius 3 is 2.82 bits per heavy atom. The zero-order valence-corrected chi connectivity index (χ0v) is 15.6. The summed E-state index contributed by atoms with van der Waals surface area (Å²) in [5.74, 6) is -0.739. The summed E-state index contributed by atoms with van der Waals surface area (Å²) in [5, 5.41) is 2.56. The summed E-state index contributed by atoms with van der Waals surface area (Å²) in [4.78, 5) is 35.0. The third-order valence-corrected chi connectivity index (χ3v) is 4.46. The van der Waals surface area contributed by atoms with Crippen LogP contribution < -0.4 is 15.8 Å². The Hall–Kier alpha value is -3.35. The molecule has 0 saturated heterocycles. The number of primary amides is 1. The lowest BCUT2D eigenvalue weighted by Crippen LogP contribution is -2.32. The van der Waals surface area contributed by atoms with Crippen molar-refractivity contribution in [3.63, 3.8) is 0 Å². The van der Waals surface area contributed by atoms with Crippen molar-refractivity contribution in [1.29, 1.82) is 0 Å². The van der Waals surface area contributed by atoms with Crippen LogP contribution in [0.25, 0.3) is 0 Å². The van der Waals surface area contributed by atoms with E-state index in [2.05, 4.69) is 5.32 Å². The molecule has 0 spiro atoms. The second-order valence-corrected chi connectivity index (χ2v) is 6.65. The van der Waals surface area contributed by atoms with Crippen molar-refractivity contribution in [2.24, 2.45) is 5.73 Å². The van der Waals surface area contributed by atoms with Gasteiger partial charge in [0.25, 0.3) is 5.91 Å². The van der Waals surface area contributed by atoms with Gasteiger partial charge in [-0.3, -0.25) is 9.59 Å². The molecular weight excluding hydrogens is 360 g/mol. The molecule has 1 heterocycles. The summed E-state index contributed by atoms with van der Waals surface area (Å²) in [6, 6.07) is 12.9. The Balaban J connectivity index is 1.72. The van der Waals surface area contributed by atoms with E-state index < -0.39 is 12.0 Å². The largest absolute Gasteiger partial charge is 0.483 e. The van der Waals surface area contributed by atoms with E-state index in [-0.39, 0.29) is 31.4 Å². The number of amides is 2. The van der Waals surface area contributed by atoms with E-state index in [1.165, 1.54) is 0 Å². The van der Waals surface area contributed by atoms with Crippen LogP contribution in [0.1, 0.15) is 39.6 Å². The summed E-state index contributed by atoms with van der Waals surface area (Å²) in [7, 11) is 0. The second kappa shape index (κ2) is 8.56. The fraction of sp³-hybridized carbons (Fsp3) is 0.286. The quantitative estimate of drug-likeness (QED) is 0.710. The highest BCUT2D eigenvalue weighted by Crippen LogP contribution is 2.35. The van der Waals surface area contributed by atoms with Crippen LogP contribution in [-0.4, -0.2) is 30.9 Å². The first-order valence-corrected chi connectivity index (χ1v) is 9.01. The molecule has 0 aliphatic carbocycles. The molecule has 0 bridgehead atoms. The summed E-state index contributed by atoms with van der Waals surface area (Å²) in [6.45, 7) is 1.88. The molecule has 2 aromatic rings. The Kier molecular flexibility index (Phi) is 5.93. The Morgan fingerprint density at radius 2 is 2.04 bits per heavy atom. The number of rotatable bonds is 7. The van der Waals surface area contributed by atoms with Crippen LogP contribution in [-0.2, 0) is 20.7 Å². The number of ether oxygens (including phenoxy) is 2. The molecule has 28 heavy (non-hydrogen) atoms. The van der Waals surface area contributed by atoms with Crippen molar-refractivity contribution in [2.45, 2.75) is 25.9 Å². The Bertz CT molecular complexity index is 909. The molecule has 0 radical (unpaired) electrons. The molecule has 7 nitrogen and oxygen atoms in total. The minimum atomic E-state index is -0.491. The molecule has 3 rings (SSSR count). The number of benzene rings is 2. The number of nitrogens with one attached hydrogen (secondary N) is 1. The van der Waals surface area contributed by atoms with Crippen LogP contribution in [0.4, 0.5) is 0 Å². The van der Waals surface area contributed by atoms with E-state index in [1.807, 2.05) is 31.2 Å². The number of hydrogen-bond donors (Lipinski definition) is 2. The molecule has 7 heteroatoms. The summed E-state index contributed by atoms with van der Waals surface area (Å²) in [5.41, 5.74) is 8.24. The lowest BCUT2D eigenvalue weighted by Gasteiger charge is -2.26. The molecule has 146 valence electrons. The van der Waals surface area contributed by atoms with Crippen molar-refractivity contribution in [3.8, 4) is 5.75 Å². The minimum absolute atomic E-state index is 0.0684. The maximum Gasteiger partial charge on any atom is 0.339 e. The average Bonchev–Trinajstić information content (AvgIpc) is 2.66. The predicted molar refractivity (Wildman–Crippen MR) is 102 cm³/mol. The van der Waals surface area contributed by atoms with Gasteiger partial charge in [-0.05, 0) is 30.7 Å². The monoisotopic (exact) mass is 382 g/mol. The highest BCUT2D eigenvalue weighted by atomic mass is 16.5. The van der Waals surface area contributed by atoms with Crippen molar-refractivity contribution in [2.75, 3.05) is 13.2 Å². The van der Waals surface area contributed by atoms with E-state index in [4.69, 9.17) is 15.2 Å². The molecule has 0 saturated carbocycles. The molecule has 3 N–H and O–H groups in total. The average molecular weight is 382 g/mol. The Morgan fingerprint density at radius 1 is 1.25 bits per heavy atom. The van der Waals surface area contributed by atoms with Gasteiger partial charge in [0.2, 0.25) is 5.91 Å². The highest BCUT2D eigenvalue weighted by Gasteiger charge is 2.29. The van der Waals surface area contributed by atoms with Gasteiger partial charge in [-0.1, -0.05) is 29.8 Å². The minimum Gasteiger partial charge on any atom is -0.483 e. The molecule has 2 amide bonds. The molecule has 0 aromatic heterocycles. The maximum atomic E-state index is 12.3. The maximum absolute atomic E-state index is 12.3. The van der Waals surface area contributed by atoms with E-state index in [1.54, 1.807) is 18.2 Å². The van der Waals surface area contributed by atoms with Gasteiger partial charge >= 0.3 is 5.97 Å². The zero-order chi connectivity index (χ0) is 20.1. The molecule has 0 unspecified atom stereocenters. The van der Waals surface area contributed by atoms with Gasteiger partial charge in [-0.2, -0.15) is 0 Å². The number of hydrogen-bond acceptors (Lipinski definition) is 5. The van der Waals surface area contributed by atoms with Crippen LogP contribution in [0.3, 0.4) is 0 Å². The number of aryl methyl sites for hydroxylation is 1. The molecule has 1 atom stereocenters. The van der Waals surface area contributed by atoms with Gasteiger partial charge in [-0.15, -0.1) is 0 Å². The van der Waals surface area contributed by atoms with Gasteiger partial charge in [0, 0.05) is 24.9 Å². The summed E-state index contributed by atoms with van der Waals surface area (Å²) >= 11 is 0. The first kappa shape index (κ1) is 19.4. The SMILES string of the molecule is Cc1ccc(OCC(=O)NCCC(N)=O)c([C@@H]2Cc3ccccc3C(=O)O2)c1. The van der Waals surface area contributed by atoms with Gasteiger partial charge < -0.3 is 20.5 Å². The fourth-order valence-electron chi connectivity index (χ4n) is 3.08. The first-order valence-electron chi connectivity index (χ1n) is 9.01. The van der Waals surface area contributed by atoms with E-state index >= 15 is 0 Å². The lowest BCUT2D eigenvalue weighted by molar-refractivity contribution is -0.123. The standard InChI is InChI=1S/C21H22N2O5/c1-13-6-7-17(27-12-20(25)23-9-8-19(22)24)16(10-13)18-11-14-4-2-3-5-15(14)21(26)28-18/h2-7,10,18H,8-9,11-12H2,1H3,(H2,22,24)(H,23,25)/t18-/m0/s1. The van der Waals surface area contributed by atoms with Crippen LogP contribution in [0.2, 0.25) is 0 Å². The molecule has 0 fully saturated rings. The highest BCUT2D eigenvalue weighted by molar-refractivity contribution is 5.92. The number of cyclic esters (lactones) is 1. The number of carbonyl (C=O) groups excluding carboxylic acids is 3. The van der Waals surface area contributed by atoms with Crippen LogP contribution in [0.5, 0.6) is 5.75 Å². The number of esters is 1. The van der Waals surface area contributed by atoms with E-state index in [0.717, 1.165) is 11.1 Å². The predicted octanol–water partition coefficient (Wildman–Crippen LogP) is 1.82. The van der Waals surface area contributed by atoms with Gasteiger partial charge in [0.1, 0.15) is 11.9 Å². The van der Waals surface area contributed by atoms with Gasteiger partial charge in [0.05, 0.1) is 5.56 Å². The number of carbonyl (C=O) groups is 3. The van der Waals surface area contributed by atoms with Gasteiger partial charge in [-0.25, -0.2) is 4.79 Å². The zero-order valence-electron chi connectivity index (χ0n) is 15.6. The van der Waals surface area contributed by atoms with Crippen LogP contribution in [0.15, 0.2) is 42.5 Å². The third kappa shape index (κ3) is 4.68. The van der Waals surface area contributed by atoms with Crippen LogP contribution in [0, 0.1) is 6.92 Å². The van der Waals surface area contributed by atoms with Crippen molar-refractivity contribution in [1.82, 2.24) is 5.32 Å². The molecular formula is C21H22N2O5. The van der Waals surface area contributed by atoms with Crippen molar-refractivity contribution in [3.05, 3.63) is 64.7 Å². The lowest BCUT2D eigenvalue weighted by atomic mass is 9.93. The number of fused-ring (bicyclic) bond motifs is 1. The van der Waals surface area contributed by atoms with Gasteiger partial charge in [0.15, 0.2) is 6.61 Å². The van der Waals surface area contributed by atoms with Crippen LogP contribution >= 0.6 is 0 Å². The van der Waals surface area contributed by atoms with Crippen molar-refractivity contribution < 1.29 is 23.9 Å². The topological polar surface area (TPSA) is 108 Å². The number of nitrogens with two attached hydrogens (primary N) is 1. The summed E-state index contributed by atoms with van der Waals surface area (Å²) < 4.78 is 11.3. The molecule has 1 aliphatic rings. The third-order valence-electron chi connectivity index (χ3n) is 4.46.